The molecule has 0 aliphatic carbocycles. The lowest BCUT2D eigenvalue weighted by atomic mass is 9.89. The molecule has 0 saturated carbocycles. The maximum Gasteiger partial charge on any atom is 0.293 e. The van der Waals surface area contributed by atoms with E-state index in [0.717, 1.165) is 49.7 Å². The number of ether oxygens (including phenoxy) is 1. The van der Waals surface area contributed by atoms with Crippen molar-refractivity contribution in [1.82, 2.24) is 19.7 Å². The zero-order valence-electron chi connectivity index (χ0n) is 17.3. The van der Waals surface area contributed by atoms with E-state index < -0.39 is 0 Å². The Morgan fingerprint density at radius 3 is 2.71 bits per heavy atom. The Hall–Kier alpha value is -3.26. The van der Waals surface area contributed by atoms with E-state index in [-0.39, 0.29) is 11.7 Å². The standard InChI is InChI=1S/C23H24FN5O2/c1-31-20-7-5-19(6-8-20)25-23(30)22-27-26-21-10-16-12-28(13-17(16)14-29(21)22)11-15-3-2-4-18(24)9-15/h2-9,16-17H,10-14H2,1H3,(H,25,30)/t16-,17-/m0/s1. The molecule has 31 heavy (non-hydrogen) atoms. The number of nitrogens with zero attached hydrogens (tertiary/aromatic N) is 4. The number of halogens is 1. The van der Waals surface area contributed by atoms with Gasteiger partial charge in [0.05, 0.1) is 7.11 Å². The second-order valence-corrected chi connectivity index (χ2v) is 8.28. The van der Waals surface area contributed by atoms with Crippen LogP contribution in [0.3, 0.4) is 0 Å². The predicted molar refractivity (Wildman–Crippen MR) is 113 cm³/mol. The molecule has 2 atom stereocenters. The van der Waals surface area contributed by atoms with Crippen molar-refractivity contribution < 1.29 is 13.9 Å². The van der Waals surface area contributed by atoms with Crippen molar-refractivity contribution in [1.29, 1.82) is 0 Å². The Bertz CT molecular complexity index is 1100. The van der Waals surface area contributed by atoms with Gasteiger partial charge in [-0.2, -0.15) is 0 Å². The minimum atomic E-state index is -0.267. The molecule has 0 radical (unpaired) electrons. The van der Waals surface area contributed by atoms with Crippen LogP contribution in [-0.4, -0.2) is 45.8 Å². The minimum absolute atomic E-state index is 0.201. The first kappa shape index (κ1) is 19.7. The van der Waals surface area contributed by atoms with Gasteiger partial charge in [0.15, 0.2) is 0 Å². The summed E-state index contributed by atoms with van der Waals surface area (Å²) < 4.78 is 20.6. The van der Waals surface area contributed by atoms with Crippen LogP contribution in [0.15, 0.2) is 48.5 Å². The Morgan fingerprint density at radius 1 is 1.13 bits per heavy atom. The number of amides is 1. The number of aromatic nitrogens is 3. The first-order chi connectivity index (χ1) is 15.1. The average Bonchev–Trinajstić information content (AvgIpc) is 3.35. The van der Waals surface area contributed by atoms with E-state index in [4.69, 9.17) is 4.74 Å². The van der Waals surface area contributed by atoms with Crippen LogP contribution >= 0.6 is 0 Å². The second-order valence-electron chi connectivity index (χ2n) is 8.28. The van der Waals surface area contributed by atoms with Crippen LogP contribution in [0.5, 0.6) is 5.75 Å². The number of carbonyl (C=O) groups excluding carboxylic acids is 1. The summed E-state index contributed by atoms with van der Waals surface area (Å²) in [5, 5.41) is 11.4. The van der Waals surface area contributed by atoms with Gasteiger partial charge in [-0.1, -0.05) is 12.1 Å². The fourth-order valence-corrected chi connectivity index (χ4v) is 4.67. The minimum Gasteiger partial charge on any atom is -0.497 e. The van der Waals surface area contributed by atoms with E-state index in [2.05, 4.69) is 20.4 Å². The number of methoxy groups -OCH3 is 1. The third-order valence-electron chi connectivity index (χ3n) is 6.19. The molecule has 2 aromatic carbocycles. The van der Waals surface area contributed by atoms with E-state index in [1.54, 1.807) is 43.5 Å². The van der Waals surface area contributed by atoms with E-state index in [9.17, 15) is 9.18 Å². The molecular weight excluding hydrogens is 397 g/mol. The Morgan fingerprint density at radius 2 is 1.94 bits per heavy atom. The highest BCUT2D eigenvalue weighted by molar-refractivity contribution is 6.01. The lowest BCUT2D eigenvalue weighted by molar-refractivity contribution is 0.100. The lowest BCUT2D eigenvalue weighted by Gasteiger charge is -2.25. The van der Waals surface area contributed by atoms with Crippen LogP contribution in [0, 0.1) is 17.7 Å². The molecule has 1 saturated heterocycles. The zero-order chi connectivity index (χ0) is 21.4. The first-order valence-electron chi connectivity index (χ1n) is 10.4. The molecule has 3 aromatic rings. The average molecular weight is 421 g/mol. The van der Waals surface area contributed by atoms with Crippen LogP contribution in [0.25, 0.3) is 0 Å². The van der Waals surface area contributed by atoms with Gasteiger partial charge in [-0.05, 0) is 53.8 Å². The number of anilines is 1. The van der Waals surface area contributed by atoms with Crippen LogP contribution in [-0.2, 0) is 19.5 Å². The third-order valence-corrected chi connectivity index (χ3v) is 6.19. The molecule has 1 fully saturated rings. The van der Waals surface area contributed by atoms with E-state index in [1.807, 2.05) is 10.6 Å². The van der Waals surface area contributed by atoms with Crippen LogP contribution in [0.1, 0.15) is 22.0 Å². The van der Waals surface area contributed by atoms with Crippen molar-refractivity contribution in [3.05, 3.63) is 71.6 Å². The van der Waals surface area contributed by atoms with Gasteiger partial charge >= 0.3 is 0 Å². The molecule has 7 nitrogen and oxygen atoms in total. The van der Waals surface area contributed by atoms with Crippen LogP contribution in [0.2, 0.25) is 0 Å². The number of likely N-dealkylation sites (tertiary alicyclic amines) is 1. The number of hydrogen-bond acceptors (Lipinski definition) is 5. The van der Waals surface area contributed by atoms with Gasteiger partial charge in [-0.25, -0.2) is 4.39 Å². The summed E-state index contributed by atoms with van der Waals surface area (Å²) >= 11 is 0. The van der Waals surface area contributed by atoms with E-state index in [0.29, 0.717) is 23.3 Å². The van der Waals surface area contributed by atoms with Crippen molar-refractivity contribution in [2.45, 2.75) is 19.5 Å². The number of rotatable bonds is 5. The zero-order valence-corrected chi connectivity index (χ0v) is 17.3. The molecule has 2 aliphatic heterocycles. The highest BCUT2D eigenvalue weighted by Gasteiger charge is 2.39. The summed E-state index contributed by atoms with van der Waals surface area (Å²) in [6.45, 7) is 3.31. The maximum atomic E-state index is 13.5. The van der Waals surface area contributed by atoms with Gasteiger partial charge in [0.25, 0.3) is 5.91 Å². The summed E-state index contributed by atoms with van der Waals surface area (Å²) in [6.07, 6.45) is 0.799. The number of fused-ring (bicyclic) bond motifs is 2. The number of hydrogen-bond donors (Lipinski definition) is 1. The summed E-state index contributed by atoms with van der Waals surface area (Å²) in [5.41, 5.74) is 1.66. The van der Waals surface area contributed by atoms with E-state index in [1.165, 1.54) is 6.07 Å². The third kappa shape index (κ3) is 4.03. The monoisotopic (exact) mass is 421 g/mol. The SMILES string of the molecule is COc1ccc(NC(=O)c2nnc3n2C[C@@H]2CN(Cc4cccc(F)c4)C[C@@H]2C3)cc1. The molecule has 1 amide bonds. The maximum absolute atomic E-state index is 13.5. The lowest BCUT2D eigenvalue weighted by Crippen LogP contribution is -2.31. The molecule has 160 valence electrons. The normalized spacial score (nSPS) is 20.2. The quantitative estimate of drug-likeness (QED) is 0.686. The van der Waals surface area contributed by atoms with Crippen LogP contribution in [0.4, 0.5) is 10.1 Å². The van der Waals surface area contributed by atoms with Gasteiger partial charge in [0.2, 0.25) is 5.82 Å². The van der Waals surface area contributed by atoms with E-state index >= 15 is 0 Å². The summed E-state index contributed by atoms with van der Waals surface area (Å²) in [5.74, 6) is 2.35. The molecule has 3 heterocycles. The van der Waals surface area contributed by atoms with Crippen molar-refractivity contribution >= 4 is 11.6 Å². The number of benzene rings is 2. The van der Waals surface area contributed by atoms with Crippen molar-refractivity contribution in [2.24, 2.45) is 11.8 Å². The molecule has 0 bridgehead atoms. The molecular formula is C23H24FN5O2. The molecule has 1 aromatic heterocycles. The van der Waals surface area contributed by atoms with Crippen molar-refractivity contribution in [2.75, 3.05) is 25.5 Å². The largest absolute Gasteiger partial charge is 0.497 e. The summed E-state index contributed by atoms with van der Waals surface area (Å²) in [6, 6.07) is 14.0. The molecule has 0 unspecified atom stereocenters. The van der Waals surface area contributed by atoms with Gasteiger partial charge in [0.1, 0.15) is 17.4 Å². The molecule has 2 aliphatic rings. The highest BCUT2D eigenvalue weighted by Crippen LogP contribution is 2.33. The fraction of sp³-hybridized carbons (Fsp3) is 0.348. The Labute approximate surface area is 179 Å². The highest BCUT2D eigenvalue weighted by atomic mass is 19.1. The molecule has 1 N–H and O–H groups in total. The Balaban J connectivity index is 1.26. The van der Waals surface area contributed by atoms with Gasteiger partial charge in [-0.15, -0.1) is 10.2 Å². The van der Waals surface area contributed by atoms with Crippen molar-refractivity contribution in [3.8, 4) is 5.75 Å². The fourth-order valence-electron chi connectivity index (χ4n) is 4.67. The smallest absolute Gasteiger partial charge is 0.293 e. The van der Waals surface area contributed by atoms with Crippen LogP contribution < -0.4 is 10.1 Å². The molecule has 5 rings (SSSR count). The topological polar surface area (TPSA) is 72.3 Å². The van der Waals surface area contributed by atoms with Crippen molar-refractivity contribution in [3.63, 3.8) is 0 Å². The Kier molecular flexibility index (Phi) is 5.15. The van der Waals surface area contributed by atoms with Gasteiger partial charge < -0.3 is 14.6 Å². The summed E-state index contributed by atoms with van der Waals surface area (Å²) in [4.78, 5) is 15.2. The summed E-state index contributed by atoms with van der Waals surface area (Å²) in [7, 11) is 1.60. The first-order valence-corrected chi connectivity index (χ1v) is 10.4. The number of carbonyl (C=O) groups is 1. The predicted octanol–water partition coefficient (Wildman–Crippen LogP) is 2.98. The molecule has 8 heteroatoms. The van der Waals surface area contributed by atoms with Gasteiger partial charge in [-0.3, -0.25) is 9.69 Å². The number of nitrogens with one attached hydrogen (secondary N) is 1. The molecule has 0 spiro atoms. The van der Waals surface area contributed by atoms with Gasteiger partial charge in [0, 0.05) is 38.3 Å². The second kappa shape index (κ2) is 8.11.